The smallest absolute Gasteiger partial charge is 0.398 e. The minimum Gasteiger partial charge on any atom is -0.398 e. The molecule has 0 aliphatic heterocycles. The van der Waals surface area contributed by atoms with Gasteiger partial charge in [0.2, 0.25) is 0 Å². The van der Waals surface area contributed by atoms with Crippen molar-refractivity contribution >= 4 is 22.6 Å². The minimum atomic E-state index is -4.64. The van der Waals surface area contributed by atoms with Crippen LogP contribution in [0.25, 0.3) is 0 Å². The van der Waals surface area contributed by atoms with E-state index in [2.05, 4.69) is 0 Å². The number of benzene rings is 1. The molecule has 0 aliphatic rings. The zero-order valence-electron chi connectivity index (χ0n) is 10.5. The molecule has 20 heavy (non-hydrogen) atoms. The summed E-state index contributed by atoms with van der Waals surface area (Å²) >= 11 is 0.779. The number of rotatable bonds is 4. The molecule has 1 aromatic rings. The van der Waals surface area contributed by atoms with Crippen molar-refractivity contribution in [2.24, 2.45) is 0 Å². The number of hydrogen-bond donors (Lipinski definition) is 3. The van der Waals surface area contributed by atoms with Gasteiger partial charge in [0.15, 0.2) is 5.12 Å². The largest absolute Gasteiger partial charge is 0.418 e. The predicted molar refractivity (Wildman–Crippen MR) is 70.0 cm³/mol. The first-order valence-corrected chi connectivity index (χ1v) is 6.57. The van der Waals surface area contributed by atoms with E-state index < -0.39 is 29.6 Å². The van der Waals surface area contributed by atoms with Crippen LogP contribution < -0.4 is 5.73 Å². The summed E-state index contributed by atoms with van der Waals surface area (Å²) in [6, 6.07) is 2.92. The van der Waals surface area contributed by atoms with E-state index in [-0.39, 0.29) is 16.4 Å². The zero-order valence-corrected chi connectivity index (χ0v) is 11.3. The highest BCUT2D eigenvalue weighted by Gasteiger charge is 2.34. The molecule has 1 aromatic carbocycles. The summed E-state index contributed by atoms with van der Waals surface area (Å²) in [5.41, 5.74) is 3.60. The number of carbonyl (C=O) groups excluding carboxylic acids is 1. The van der Waals surface area contributed by atoms with Crippen molar-refractivity contribution in [2.75, 3.05) is 11.5 Å². The van der Waals surface area contributed by atoms with Crippen LogP contribution in [-0.4, -0.2) is 27.2 Å². The summed E-state index contributed by atoms with van der Waals surface area (Å²) < 4.78 is 38.0. The molecule has 0 fully saturated rings. The fourth-order valence-electron chi connectivity index (χ4n) is 1.52. The van der Waals surface area contributed by atoms with Crippen LogP contribution in [0.15, 0.2) is 18.2 Å². The van der Waals surface area contributed by atoms with Crippen LogP contribution in [0.4, 0.5) is 18.9 Å². The number of alkyl halides is 3. The molecule has 0 bridgehead atoms. The van der Waals surface area contributed by atoms with E-state index >= 15 is 0 Å². The third-order valence-corrected chi connectivity index (χ3v) is 3.46. The van der Waals surface area contributed by atoms with Crippen molar-refractivity contribution in [3.8, 4) is 0 Å². The molecule has 2 unspecified atom stereocenters. The second kappa shape index (κ2) is 6.47. The summed E-state index contributed by atoms with van der Waals surface area (Å²) in [6.45, 7) is 1.29. The van der Waals surface area contributed by atoms with Gasteiger partial charge in [-0.3, -0.25) is 4.79 Å². The number of nitrogens with two attached hydrogens (primary N) is 1. The number of halogens is 3. The zero-order chi connectivity index (χ0) is 15.5. The average Bonchev–Trinajstić information content (AvgIpc) is 2.34. The van der Waals surface area contributed by atoms with Crippen molar-refractivity contribution in [3.63, 3.8) is 0 Å². The lowest BCUT2D eigenvalue weighted by Gasteiger charge is -2.19. The Labute approximate surface area is 117 Å². The van der Waals surface area contributed by atoms with Gasteiger partial charge in [-0.25, -0.2) is 0 Å². The second-order valence-corrected chi connectivity index (χ2v) is 5.36. The van der Waals surface area contributed by atoms with Crippen LogP contribution in [0.3, 0.4) is 0 Å². The Bertz CT molecular complexity index is 493. The quantitative estimate of drug-likeness (QED) is 0.741. The van der Waals surface area contributed by atoms with Gasteiger partial charge in [0.05, 0.1) is 11.7 Å². The molecule has 0 spiro atoms. The lowest BCUT2D eigenvalue weighted by molar-refractivity contribution is -0.137. The van der Waals surface area contributed by atoms with Crippen LogP contribution in [0.5, 0.6) is 0 Å². The number of hydrogen-bond acceptors (Lipinski definition) is 5. The normalized spacial score (nSPS) is 14.9. The maximum absolute atomic E-state index is 12.7. The first kappa shape index (κ1) is 16.8. The Morgan fingerprint density at radius 2 is 2.00 bits per heavy atom. The van der Waals surface area contributed by atoms with E-state index in [1.807, 2.05) is 0 Å². The summed E-state index contributed by atoms with van der Waals surface area (Å²) in [5, 5.41) is 19.2. The van der Waals surface area contributed by atoms with E-state index in [0.29, 0.717) is 6.07 Å². The first-order valence-electron chi connectivity index (χ1n) is 5.59. The van der Waals surface area contributed by atoms with Gasteiger partial charge in [-0.1, -0.05) is 17.8 Å². The third kappa shape index (κ3) is 4.39. The Morgan fingerprint density at radius 1 is 1.40 bits per heavy atom. The molecule has 0 amide bonds. The monoisotopic (exact) mass is 309 g/mol. The standard InChI is InChI=1S/C12H14F3NO3S/c1-6(17)20-5-10(18)11(19)7-2-3-9(16)8(4-7)12(13,14)15/h2-4,10-11,18-19H,5,16H2,1H3. The molecule has 0 aliphatic carbocycles. The summed E-state index contributed by atoms with van der Waals surface area (Å²) in [4.78, 5) is 10.7. The number of carbonyl (C=O) groups is 1. The molecule has 8 heteroatoms. The van der Waals surface area contributed by atoms with E-state index in [1.54, 1.807) is 0 Å². The van der Waals surface area contributed by atoms with Crippen molar-refractivity contribution < 1.29 is 28.2 Å². The molecule has 4 N–H and O–H groups in total. The maximum atomic E-state index is 12.7. The topological polar surface area (TPSA) is 83.5 Å². The van der Waals surface area contributed by atoms with Gasteiger partial charge < -0.3 is 15.9 Å². The molecule has 112 valence electrons. The maximum Gasteiger partial charge on any atom is 0.418 e. The molecular weight excluding hydrogens is 295 g/mol. The average molecular weight is 309 g/mol. The fraction of sp³-hybridized carbons (Fsp3) is 0.417. The van der Waals surface area contributed by atoms with Crippen LogP contribution in [0, 0.1) is 0 Å². The third-order valence-electron chi connectivity index (χ3n) is 2.55. The molecule has 0 aromatic heterocycles. The fourth-order valence-corrected chi connectivity index (χ4v) is 2.11. The van der Waals surface area contributed by atoms with Gasteiger partial charge in [0, 0.05) is 18.4 Å². The molecule has 0 saturated heterocycles. The predicted octanol–water partition coefficient (Wildman–Crippen LogP) is 1.96. The Morgan fingerprint density at radius 3 is 2.50 bits per heavy atom. The van der Waals surface area contributed by atoms with Gasteiger partial charge in [-0.2, -0.15) is 13.2 Å². The summed E-state index contributed by atoms with van der Waals surface area (Å²) in [5.74, 6) is -0.109. The first-order chi connectivity index (χ1) is 9.12. The SMILES string of the molecule is CC(=O)SCC(O)C(O)c1ccc(N)c(C(F)(F)F)c1. The van der Waals surface area contributed by atoms with Crippen molar-refractivity contribution in [1.29, 1.82) is 0 Å². The highest BCUT2D eigenvalue weighted by atomic mass is 32.2. The summed E-state index contributed by atoms with van der Waals surface area (Å²) in [7, 11) is 0. The molecule has 0 radical (unpaired) electrons. The molecule has 2 atom stereocenters. The van der Waals surface area contributed by atoms with Crippen molar-refractivity contribution in [1.82, 2.24) is 0 Å². The lowest BCUT2D eigenvalue weighted by atomic mass is 10.0. The number of aliphatic hydroxyl groups is 2. The van der Waals surface area contributed by atoms with Gasteiger partial charge in [0.25, 0.3) is 0 Å². The molecule has 4 nitrogen and oxygen atoms in total. The second-order valence-electron chi connectivity index (χ2n) is 4.16. The summed E-state index contributed by atoms with van der Waals surface area (Å²) in [6.07, 6.45) is -7.52. The van der Waals surface area contributed by atoms with Crippen LogP contribution in [0.1, 0.15) is 24.2 Å². The Balaban J connectivity index is 2.94. The Kier molecular flexibility index (Phi) is 5.43. The van der Waals surface area contributed by atoms with Gasteiger partial charge in [0.1, 0.15) is 6.10 Å². The minimum absolute atomic E-state index is 0.108. The highest BCUT2D eigenvalue weighted by molar-refractivity contribution is 8.13. The number of anilines is 1. The van der Waals surface area contributed by atoms with Crippen LogP contribution >= 0.6 is 11.8 Å². The van der Waals surface area contributed by atoms with Gasteiger partial charge >= 0.3 is 6.18 Å². The van der Waals surface area contributed by atoms with Crippen LogP contribution in [0.2, 0.25) is 0 Å². The number of nitrogen functional groups attached to an aromatic ring is 1. The Hall–Kier alpha value is -1.25. The van der Waals surface area contributed by atoms with E-state index in [4.69, 9.17) is 5.73 Å². The van der Waals surface area contributed by atoms with E-state index in [1.165, 1.54) is 13.0 Å². The number of thioether (sulfide) groups is 1. The van der Waals surface area contributed by atoms with Crippen molar-refractivity contribution in [3.05, 3.63) is 29.3 Å². The van der Waals surface area contributed by atoms with Gasteiger partial charge in [-0.15, -0.1) is 0 Å². The lowest BCUT2D eigenvalue weighted by Crippen LogP contribution is -2.22. The van der Waals surface area contributed by atoms with Crippen LogP contribution in [-0.2, 0) is 11.0 Å². The number of aliphatic hydroxyl groups excluding tert-OH is 2. The molecule has 1 rings (SSSR count). The molecule has 0 heterocycles. The molecular formula is C12H14F3NO3S. The highest BCUT2D eigenvalue weighted by Crippen LogP contribution is 2.35. The van der Waals surface area contributed by atoms with E-state index in [0.717, 1.165) is 17.8 Å². The van der Waals surface area contributed by atoms with Crippen molar-refractivity contribution in [2.45, 2.75) is 25.3 Å². The van der Waals surface area contributed by atoms with E-state index in [9.17, 15) is 28.2 Å². The van der Waals surface area contributed by atoms with Gasteiger partial charge in [-0.05, 0) is 17.7 Å². The molecule has 0 saturated carbocycles.